The number of likely N-dealkylation sites (N-methyl/N-ethyl adjacent to an activating group) is 1. The average molecular weight is 245 g/mol. The molecule has 0 fully saturated rings. The van der Waals surface area contributed by atoms with Crippen molar-refractivity contribution >= 4 is 0 Å². The maximum Gasteiger partial charge on any atom is 0.0876 e. The van der Waals surface area contributed by atoms with Crippen molar-refractivity contribution in [1.82, 2.24) is 5.32 Å². The lowest BCUT2D eigenvalue weighted by molar-refractivity contribution is 0.219. The van der Waals surface area contributed by atoms with Gasteiger partial charge in [0.15, 0.2) is 0 Å². The molecule has 2 rings (SSSR count). The van der Waals surface area contributed by atoms with Crippen LogP contribution in [-0.4, -0.2) is 19.7 Å². The summed E-state index contributed by atoms with van der Waals surface area (Å²) in [7, 11) is 2.04. The number of benzene rings is 1. The Kier molecular flexibility index (Phi) is 5.28. The van der Waals surface area contributed by atoms with E-state index in [0.29, 0.717) is 6.04 Å². The van der Waals surface area contributed by atoms with Gasteiger partial charge in [0.25, 0.3) is 0 Å². The smallest absolute Gasteiger partial charge is 0.0876 e. The fourth-order valence-corrected chi connectivity index (χ4v) is 2.51. The van der Waals surface area contributed by atoms with Gasteiger partial charge in [0.05, 0.1) is 12.9 Å². The number of ether oxygens (including phenoxy) is 1. The van der Waals surface area contributed by atoms with E-state index in [1.54, 1.807) is 0 Å². The highest BCUT2D eigenvalue weighted by molar-refractivity contribution is 5.15. The number of aryl methyl sites for hydroxylation is 1. The molecule has 2 heteroatoms. The molecule has 0 saturated heterocycles. The lowest BCUT2D eigenvalue weighted by atomic mass is 9.96. The molecule has 1 unspecified atom stereocenters. The van der Waals surface area contributed by atoms with E-state index in [9.17, 15) is 0 Å². The molecule has 0 radical (unpaired) electrons. The van der Waals surface area contributed by atoms with Crippen molar-refractivity contribution in [3.05, 3.63) is 47.7 Å². The highest BCUT2D eigenvalue weighted by atomic mass is 16.5. The second-order valence-electron chi connectivity index (χ2n) is 4.89. The molecule has 1 aliphatic heterocycles. The molecule has 0 amide bonds. The van der Waals surface area contributed by atoms with Crippen LogP contribution >= 0.6 is 0 Å². The van der Waals surface area contributed by atoms with Crippen LogP contribution in [0.2, 0.25) is 0 Å². The van der Waals surface area contributed by atoms with Crippen molar-refractivity contribution in [3.8, 4) is 0 Å². The number of nitrogens with one attached hydrogen (secondary N) is 1. The molecular weight excluding hydrogens is 222 g/mol. The zero-order valence-electron chi connectivity index (χ0n) is 11.2. The molecule has 1 N–H and O–H groups in total. The highest BCUT2D eigenvalue weighted by Crippen LogP contribution is 2.19. The van der Waals surface area contributed by atoms with Gasteiger partial charge in [-0.15, -0.1) is 0 Å². The molecule has 1 atom stereocenters. The normalized spacial score (nSPS) is 16.8. The molecule has 0 aromatic heterocycles. The molecule has 2 nitrogen and oxygen atoms in total. The van der Waals surface area contributed by atoms with E-state index >= 15 is 0 Å². The molecule has 0 spiro atoms. The van der Waals surface area contributed by atoms with Gasteiger partial charge in [-0.05, 0) is 50.3 Å². The number of rotatable bonds is 6. The Morgan fingerprint density at radius 1 is 1.28 bits per heavy atom. The van der Waals surface area contributed by atoms with Crippen LogP contribution in [0.4, 0.5) is 0 Å². The zero-order valence-corrected chi connectivity index (χ0v) is 11.2. The van der Waals surface area contributed by atoms with E-state index in [0.717, 1.165) is 19.4 Å². The summed E-state index contributed by atoms with van der Waals surface area (Å²) in [6, 6.07) is 11.2. The lowest BCUT2D eigenvalue weighted by Gasteiger charge is -2.22. The Morgan fingerprint density at radius 3 is 2.78 bits per heavy atom. The van der Waals surface area contributed by atoms with Crippen molar-refractivity contribution in [3.63, 3.8) is 0 Å². The quantitative estimate of drug-likeness (QED) is 0.830. The van der Waals surface area contributed by atoms with Crippen LogP contribution in [0.5, 0.6) is 0 Å². The van der Waals surface area contributed by atoms with Crippen molar-refractivity contribution in [2.24, 2.45) is 0 Å². The van der Waals surface area contributed by atoms with Crippen LogP contribution in [0, 0.1) is 0 Å². The third kappa shape index (κ3) is 3.88. The van der Waals surface area contributed by atoms with Gasteiger partial charge in [-0.2, -0.15) is 0 Å². The first-order valence-electron chi connectivity index (χ1n) is 6.92. The molecule has 18 heavy (non-hydrogen) atoms. The molecule has 98 valence electrons. The minimum Gasteiger partial charge on any atom is -0.501 e. The summed E-state index contributed by atoms with van der Waals surface area (Å²) < 4.78 is 5.43. The molecular formula is C16H23NO. The summed E-state index contributed by atoms with van der Waals surface area (Å²) in [6.45, 7) is 0.879. The first-order chi connectivity index (χ1) is 8.90. The first-order valence-corrected chi connectivity index (χ1v) is 6.92. The largest absolute Gasteiger partial charge is 0.501 e. The maximum absolute atomic E-state index is 5.43. The SMILES string of the molecule is CNC(CCCc1ccccc1)C1=COCCC1. The Balaban J connectivity index is 1.79. The van der Waals surface area contributed by atoms with E-state index in [1.165, 1.54) is 30.4 Å². The first kappa shape index (κ1) is 13.2. The zero-order chi connectivity index (χ0) is 12.6. The summed E-state index contributed by atoms with van der Waals surface area (Å²) in [5.41, 5.74) is 2.86. The topological polar surface area (TPSA) is 21.3 Å². The maximum atomic E-state index is 5.43. The Morgan fingerprint density at radius 2 is 2.11 bits per heavy atom. The van der Waals surface area contributed by atoms with Gasteiger partial charge < -0.3 is 10.1 Å². The second kappa shape index (κ2) is 7.22. The van der Waals surface area contributed by atoms with Crippen molar-refractivity contribution in [1.29, 1.82) is 0 Å². The summed E-state index contributed by atoms with van der Waals surface area (Å²) >= 11 is 0. The fourth-order valence-electron chi connectivity index (χ4n) is 2.51. The van der Waals surface area contributed by atoms with E-state index in [4.69, 9.17) is 4.74 Å². The number of hydrogen-bond donors (Lipinski definition) is 1. The van der Waals surface area contributed by atoms with Gasteiger partial charge in [-0.1, -0.05) is 30.3 Å². The van der Waals surface area contributed by atoms with E-state index in [2.05, 4.69) is 35.6 Å². The molecule has 0 saturated carbocycles. The van der Waals surface area contributed by atoms with Gasteiger partial charge in [0.2, 0.25) is 0 Å². The predicted molar refractivity (Wildman–Crippen MR) is 75.5 cm³/mol. The van der Waals surface area contributed by atoms with Crippen molar-refractivity contribution < 1.29 is 4.74 Å². The summed E-state index contributed by atoms with van der Waals surface area (Å²) in [5.74, 6) is 0. The molecule has 0 aliphatic carbocycles. The van der Waals surface area contributed by atoms with E-state index in [1.807, 2.05) is 13.3 Å². The Bertz CT molecular complexity index is 372. The van der Waals surface area contributed by atoms with Crippen LogP contribution in [0.3, 0.4) is 0 Å². The highest BCUT2D eigenvalue weighted by Gasteiger charge is 2.14. The predicted octanol–water partition coefficient (Wildman–Crippen LogP) is 3.29. The minimum atomic E-state index is 0.481. The van der Waals surface area contributed by atoms with Gasteiger partial charge in [-0.25, -0.2) is 0 Å². The standard InChI is InChI=1S/C16H23NO/c1-17-16(15-10-6-12-18-13-15)11-5-9-14-7-3-2-4-8-14/h2-4,7-8,13,16-17H,5-6,9-12H2,1H3. The van der Waals surface area contributed by atoms with Crippen LogP contribution in [0.25, 0.3) is 0 Å². The summed E-state index contributed by atoms with van der Waals surface area (Å²) in [4.78, 5) is 0. The van der Waals surface area contributed by atoms with Crippen molar-refractivity contribution in [2.45, 2.75) is 38.1 Å². The average Bonchev–Trinajstić information content (AvgIpc) is 2.46. The van der Waals surface area contributed by atoms with Crippen LogP contribution < -0.4 is 5.32 Å². The monoisotopic (exact) mass is 245 g/mol. The van der Waals surface area contributed by atoms with Crippen molar-refractivity contribution in [2.75, 3.05) is 13.7 Å². The lowest BCUT2D eigenvalue weighted by Crippen LogP contribution is -2.29. The molecule has 1 heterocycles. The van der Waals surface area contributed by atoms with Crippen LogP contribution in [-0.2, 0) is 11.2 Å². The van der Waals surface area contributed by atoms with E-state index in [-0.39, 0.29) is 0 Å². The third-order valence-corrected chi connectivity index (χ3v) is 3.56. The second-order valence-corrected chi connectivity index (χ2v) is 4.89. The summed E-state index contributed by atoms with van der Waals surface area (Å²) in [6.07, 6.45) is 7.85. The van der Waals surface area contributed by atoms with Gasteiger partial charge in [-0.3, -0.25) is 0 Å². The van der Waals surface area contributed by atoms with E-state index < -0.39 is 0 Å². The third-order valence-electron chi connectivity index (χ3n) is 3.56. The minimum absolute atomic E-state index is 0.481. The van der Waals surface area contributed by atoms with Crippen LogP contribution in [0.1, 0.15) is 31.2 Å². The van der Waals surface area contributed by atoms with Crippen LogP contribution in [0.15, 0.2) is 42.2 Å². The number of hydrogen-bond acceptors (Lipinski definition) is 2. The van der Waals surface area contributed by atoms with Gasteiger partial charge in [0.1, 0.15) is 0 Å². The fraction of sp³-hybridized carbons (Fsp3) is 0.500. The Hall–Kier alpha value is -1.28. The molecule has 1 aromatic rings. The molecule has 0 bridgehead atoms. The molecule has 1 aromatic carbocycles. The van der Waals surface area contributed by atoms with Gasteiger partial charge >= 0.3 is 0 Å². The summed E-state index contributed by atoms with van der Waals surface area (Å²) in [5, 5.41) is 3.41. The van der Waals surface area contributed by atoms with Gasteiger partial charge in [0, 0.05) is 6.04 Å². The molecule has 1 aliphatic rings. The Labute approximate surface area is 110 Å².